The number of carbonyl (C=O) groups is 2. The molecular weight excluding hydrogens is 669 g/mol. The van der Waals surface area contributed by atoms with Crippen molar-refractivity contribution < 1.29 is 19.1 Å². The van der Waals surface area contributed by atoms with Crippen LogP contribution in [0.5, 0.6) is 0 Å². The highest BCUT2D eigenvalue weighted by atomic mass is 16.5. The van der Waals surface area contributed by atoms with Gasteiger partial charge >= 0.3 is 11.9 Å². The fraction of sp³-hybridized carbons (Fsp3) is 0.0833. The molecule has 6 rings (SSSR count). The average Bonchev–Trinajstić information content (AvgIpc) is 3.24. The Hall–Kier alpha value is -6.92. The second-order valence-electron chi connectivity index (χ2n) is 12.6. The molecule has 0 radical (unpaired) electrons. The van der Waals surface area contributed by atoms with Gasteiger partial charge in [0.2, 0.25) is 0 Å². The Morgan fingerprint density at radius 2 is 0.741 bits per heavy atom. The molecule has 6 aromatic rings. The van der Waals surface area contributed by atoms with Crippen molar-refractivity contribution >= 4 is 46.8 Å². The number of anilines is 4. The van der Waals surface area contributed by atoms with Gasteiger partial charge < -0.3 is 19.3 Å². The van der Waals surface area contributed by atoms with Gasteiger partial charge in [-0.2, -0.15) is 0 Å². The van der Waals surface area contributed by atoms with Gasteiger partial charge in [-0.25, -0.2) is 9.59 Å². The molecule has 0 atom stereocenters. The predicted octanol–water partition coefficient (Wildman–Crippen LogP) is 11.0. The van der Waals surface area contributed by atoms with Gasteiger partial charge in [0.05, 0.1) is 0 Å². The molecule has 54 heavy (non-hydrogen) atoms. The zero-order valence-electron chi connectivity index (χ0n) is 30.1. The summed E-state index contributed by atoms with van der Waals surface area (Å²) >= 11 is 0. The summed E-state index contributed by atoms with van der Waals surface area (Å²) in [5, 5.41) is 0. The van der Waals surface area contributed by atoms with E-state index in [2.05, 4.69) is 156 Å². The van der Waals surface area contributed by atoms with Crippen LogP contribution in [-0.2, 0) is 45.4 Å². The standard InChI is InChI=1S/C48H42N2O4/c1-3-47(51)53-35-41-21-29-45(30-22-41)49(33-39-11-7-5-8-12-39)43-25-17-37(18-26-43)15-16-38-19-27-44(28-20-38)50(34-40-13-9-6-10-14-40)46-31-23-42(24-32-46)36-54-48(52)4-2/h3-32H,1-2,33-36H2. The fourth-order valence-corrected chi connectivity index (χ4v) is 5.89. The minimum atomic E-state index is -0.438. The molecule has 268 valence electrons. The number of nitrogens with zero attached hydrogens (tertiary/aromatic N) is 2. The van der Waals surface area contributed by atoms with Gasteiger partial charge in [-0.1, -0.05) is 135 Å². The maximum absolute atomic E-state index is 11.5. The molecule has 0 aromatic heterocycles. The first-order valence-corrected chi connectivity index (χ1v) is 17.7. The minimum Gasteiger partial charge on any atom is -0.458 e. The summed E-state index contributed by atoms with van der Waals surface area (Å²) in [7, 11) is 0. The zero-order chi connectivity index (χ0) is 37.5. The monoisotopic (exact) mass is 710 g/mol. The summed E-state index contributed by atoms with van der Waals surface area (Å²) in [5.74, 6) is -0.876. The van der Waals surface area contributed by atoms with Crippen molar-refractivity contribution in [3.8, 4) is 0 Å². The van der Waals surface area contributed by atoms with Gasteiger partial charge in [0, 0.05) is 48.0 Å². The lowest BCUT2D eigenvalue weighted by molar-refractivity contribution is -0.139. The van der Waals surface area contributed by atoms with Crippen LogP contribution in [-0.4, -0.2) is 11.9 Å². The lowest BCUT2D eigenvalue weighted by Crippen LogP contribution is -2.16. The maximum Gasteiger partial charge on any atom is 0.330 e. The van der Waals surface area contributed by atoms with E-state index in [1.165, 1.54) is 23.3 Å². The Morgan fingerprint density at radius 3 is 1.06 bits per heavy atom. The molecule has 0 saturated heterocycles. The highest BCUT2D eigenvalue weighted by Gasteiger charge is 2.13. The smallest absolute Gasteiger partial charge is 0.330 e. The lowest BCUT2D eigenvalue weighted by atomic mass is 10.1. The van der Waals surface area contributed by atoms with E-state index in [1.54, 1.807) is 0 Å². The lowest BCUT2D eigenvalue weighted by Gasteiger charge is -2.26. The second kappa shape index (κ2) is 18.5. The third-order valence-corrected chi connectivity index (χ3v) is 8.84. The van der Waals surface area contributed by atoms with Crippen molar-refractivity contribution in [2.24, 2.45) is 0 Å². The van der Waals surface area contributed by atoms with Crippen LogP contribution < -0.4 is 9.80 Å². The van der Waals surface area contributed by atoms with Gasteiger partial charge in [0.15, 0.2) is 0 Å². The molecule has 6 nitrogen and oxygen atoms in total. The Kier molecular flexibility index (Phi) is 12.7. The highest BCUT2D eigenvalue weighted by Crippen LogP contribution is 2.31. The third kappa shape index (κ3) is 10.3. The summed E-state index contributed by atoms with van der Waals surface area (Å²) in [4.78, 5) is 27.6. The van der Waals surface area contributed by atoms with Crippen LogP contribution in [0, 0.1) is 0 Å². The van der Waals surface area contributed by atoms with E-state index in [-0.39, 0.29) is 13.2 Å². The largest absolute Gasteiger partial charge is 0.458 e. The van der Waals surface area contributed by atoms with Crippen LogP contribution in [0.2, 0.25) is 0 Å². The number of hydrogen-bond donors (Lipinski definition) is 0. The van der Waals surface area contributed by atoms with Crippen molar-refractivity contribution in [3.05, 3.63) is 216 Å². The second-order valence-corrected chi connectivity index (χ2v) is 12.6. The molecule has 0 bridgehead atoms. The molecule has 0 heterocycles. The molecular formula is C48H42N2O4. The minimum absolute atomic E-state index is 0.200. The molecule has 0 N–H and O–H groups in total. The van der Waals surface area contributed by atoms with Crippen LogP contribution in [0.4, 0.5) is 22.7 Å². The fourth-order valence-electron chi connectivity index (χ4n) is 5.89. The average molecular weight is 711 g/mol. The van der Waals surface area contributed by atoms with Crippen molar-refractivity contribution in [1.29, 1.82) is 0 Å². The van der Waals surface area contributed by atoms with Crippen molar-refractivity contribution in [2.75, 3.05) is 9.80 Å². The maximum atomic E-state index is 11.5. The van der Waals surface area contributed by atoms with Crippen molar-refractivity contribution in [2.45, 2.75) is 26.3 Å². The molecule has 0 amide bonds. The summed E-state index contributed by atoms with van der Waals surface area (Å²) in [6.45, 7) is 8.72. The van der Waals surface area contributed by atoms with Gasteiger partial charge in [-0.3, -0.25) is 0 Å². The first-order valence-electron chi connectivity index (χ1n) is 17.7. The molecule has 6 heteroatoms. The molecule has 0 aliphatic heterocycles. The molecule has 0 unspecified atom stereocenters. The topological polar surface area (TPSA) is 59.1 Å². The van der Waals surface area contributed by atoms with E-state index in [1.807, 2.05) is 36.4 Å². The van der Waals surface area contributed by atoms with Crippen molar-refractivity contribution in [1.82, 2.24) is 0 Å². The van der Waals surface area contributed by atoms with E-state index in [0.29, 0.717) is 13.1 Å². The van der Waals surface area contributed by atoms with Crippen molar-refractivity contribution in [3.63, 3.8) is 0 Å². The zero-order valence-corrected chi connectivity index (χ0v) is 30.1. The highest BCUT2D eigenvalue weighted by molar-refractivity contribution is 5.81. The van der Waals surface area contributed by atoms with Crippen LogP contribution in [0.3, 0.4) is 0 Å². The normalized spacial score (nSPS) is 10.7. The third-order valence-electron chi connectivity index (χ3n) is 8.84. The first kappa shape index (κ1) is 36.9. The summed E-state index contributed by atoms with van der Waals surface area (Å²) < 4.78 is 10.4. The van der Waals surface area contributed by atoms with E-state index in [4.69, 9.17) is 9.47 Å². The summed E-state index contributed by atoms with van der Waals surface area (Å²) in [6, 6.07) is 54.0. The summed E-state index contributed by atoms with van der Waals surface area (Å²) in [5.41, 5.74) is 10.6. The number of esters is 2. The Bertz CT molecular complexity index is 2000. The Morgan fingerprint density at radius 1 is 0.426 bits per heavy atom. The molecule has 0 aliphatic carbocycles. The van der Waals surface area contributed by atoms with E-state index >= 15 is 0 Å². The first-order chi connectivity index (χ1) is 26.5. The van der Waals surface area contributed by atoms with Crippen LogP contribution in [0.25, 0.3) is 12.2 Å². The Labute approximate surface area is 317 Å². The SMILES string of the molecule is C=CC(=O)OCc1ccc(N(Cc2ccccc2)c2ccc(C=Cc3ccc(N(Cc4ccccc4)c4ccc(COC(=O)C=C)cc4)cc3)cc2)cc1. The van der Waals surface area contributed by atoms with Gasteiger partial charge in [0.1, 0.15) is 13.2 Å². The number of ether oxygens (including phenoxy) is 2. The van der Waals surface area contributed by atoms with E-state index in [9.17, 15) is 9.59 Å². The number of benzene rings is 6. The molecule has 0 saturated carbocycles. The number of rotatable bonds is 16. The van der Waals surface area contributed by atoms with Gasteiger partial charge in [-0.05, 0) is 81.9 Å². The van der Waals surface area contributed by atoms with Gasteiger partial charge in [-0.15, -0.1) is 0 Å². The van der Waals surface area contributed by atoms with Crippen LogP contribution >= 0.6 is 0 Å². The number of hydrogen-bond acceptors (Lipinski definition) is 6. The van der Waals surface area contributed by atoms with Crippen LogP contribution in [0.1, 0.15) is 33.4 Å². The van der Waals surface area contributed by atoms with Gasteiger partial charge in [0.25, 0.3) is 0 Å². The van der Waals surface area contributed by atoms with Crippen LogP contribution in [0.15, 0.2) is 183 Å². The molecule has 6 aromatic carbocycles. The Balaban J connectivity index is 1.17. The molecule has 0 aliphatic rings. The summed E-state index contributed by atoms with van der Waals surface area (Å²) in [6.07, 6.45) is 6.59. The quantitative estimate of drug-likeness (QED) is 0.0566. The number of carbonyl (C=O) groups excluding carboxylic acids is 2. The molecule has 0 spiro atoms. The predicted molar refractivity (Wildman–Crippen MR) is 219 cm³/mol. The van der Waals surface area contributed by atoms with E-state index in [0.717, 1.165) is 45.0 Å². The van der Waals surface area contributed by atoms with E-state index < -0.39 is 11.9 Å². The molecule has 0 fully saturated rings.